The molecule has 0 aromatic heterocycles. The first kappa shape index (κ1) is 28.9. The summed E-state index contributed by atoms with van der Waals surface area (Å²) in [5, 5.41) is 28.0. The normalized spacial score (nSPS) is 27.7. The van der Waals surface area contributed by atoms with E-state index in [1.807, 2.05) is 0 Å². The van der Waals surface area contributed by atoms with Gasteiger partial charge in [0, 0.05) is 38.6 Å². The van der Waals surface area contributed by atoms with Gasteiger partial charge in [-0.2, -0.15) is 17.0 Å². The first-order chi connectivity index (χ1) is 16.2. The fraction of sp³-hybridized carbons (Fsp3) is 0.778. The van der Waals surface area contributed by atoms with Crippen LogP contribution in [0.2, 0.25) is 6.32 Å². The molecule has 0 aromatic rings. The summed E-state index contributed by atoms with van der Waals surface area (Å²) in [5.41, 5.74) is 7.40. The van der Waals surface area contributed by atoms with Crippen LogP contribution >= 0.6 is 0 Å². The SMILES string of the molecule is CCN(CCN)S(=O)(=O)N1C[C@H](CCCB2OCC(CC(=O)O)(C(=O)O)C(=O)O2)[C@](N)(C(=O)O)C1. The van der Waals surface area contributed by atoms with Crippen LogP contribution in [0, 0.1) is 11.3 Å². The predicted molar refractivity (Wildman–Crippen MR) is 119 cm³/mol. The maximum absolute atomic E-state index is 12.9. The van der Waals surface area contributed by atoms with E-state index in [2.05, 4.69) is 0 Å². The number of carbonyl (C=O) groups is 4. The van der Waals surface area contributed by atoms with E-state index in [0.717, 1.165) is 8.61 Å². The summed E-state index contributed by atoms with van der Waals surface area (Å²) in [7, 11) is -5.15. The zero-order valence-electron chi connectivity index (χ0n) is 19.3. The van der Waals surface area contributed by atoms with Gasteiger partial charge >= 0.3 is 31.0 Å². The molecule has 0 bridgehead atoms. The van der Waals surface area contributed by atoms with Gasteiger partial charge in [-0.15, -0.1) is 0 Å². The second kappa shape index (κ2) is 11.2. The van der Waals surface area contributed by atoms with Crippen molar-refractivity contribution < 1.29 is 52.2 Å². The Hall–Kier alpha value is -2.31. The lowest BCUT2D eigenvalue weighted by atomic mass is 9.74. The number of likely N-dealkylation sites (N-methyl/N-ethyl adjacent to an activating group) is 1. The lowest BCUT2D eigenvalue weighted by Crippen LogP contribution is -2.55. The molecule has 17 heteroatoms. The van der Waals surface area contributed by atoms with Gasteiger partial charge in [-0.3, -0.25) is 19.2 Å². The summed E-state index contributed by atoms with van der Waals surface area (Å²) in [5.74, 6) is -6.55. The van der Waals surface area contributed by atoms with E-state index < -0.39 is 77.6 Å². The first-order valence-electron chi connectivity index (χ1n) is 11.0. The number of aliphatic carboxylic acids is 3. The number of nitrogens with zero attached hydrogens (tertiary/aromatic N) is 2. The third kappa shape index (κ3) is 5.92. The third-order valence-electron chi connectivity index (χ3n) is 6.37. The molecule has 0 saturated carbocycles. The highest BCUT2D eigenvalue weighted by Gasteiger charge is 2.56. The second-order valence-corrected chi connectivity index (χ2v) is 10.6. The van der Waals surface area contributed by atoms with Crippen molar-refractivity contribution in [1.29, 1.82) is 0 Å². The largest absolute Gasteiger partial charge is 0.527 e. The van der Waals surface area contributed by atoms with Crippen LogP contribution in [0.3, 0.4) is 0 Å². The van der Waals surface area contributed by atoms with Gasteiger partial charge in [-0.25, -0.2) is 0 Å². The molecule has 2 rings (SSSR count). The summed E-state index contributed by atoms with van der Waals surface area (Å²) in [6, 6.07) is 0. The van der Waals surface area contributed by atoms with E-state index >= 15 is 0 Å². The van der Waals surface area contributed by atoms with Gasteiger partial charge in [0.2, 0.25) is 0 Å². The van der Waals surface area contributed by atoms with Gasteiger partial charge in [0.05, 0.1) is 13.0 Å². The Morgan fingerprint density at radius 1 is 1.26 bits per heavy atom. The molecule has 198 valence electrons. The maximum atomic E-state index is 12.9. The van der Waals surface area contributed by atoms with Gasteiger partial charge in [-0.1, -0.05) is 13.3 Å². The number of hydrogen-bond donors (Lipinski definition) is 5. The van der Waals surface area contributed by atoms with E-state index in [9.17, 15) is 37.8 Å². The Labute approximate surface area is 202 Å². The molecule has 0 amide bonds. The highest BCUT2D eigenvalue weighted by Crippen LogP contribution is 2.34. The average Bonchev–Trinajstić information content (AvgIpc) is 3.12. The molecular formula is C18H31BN4O11S. The fourth-order valence-electron chi connectivity index (χ4n) is 4.24. The molecule has 2 aliphatic heterocycles. The number of carbonyl (C=O) groups excluding carboxylic acids is 1. The van der Waals surface area contributed by atoms with Crippen molar-refractivity contribution >= 4 is 41.2 Å². The molecule has 3 atom stereocenters. The maximum Gasteiger partial charge on any atom is 0.527 e. The molecule has 0 aromatic carbocycles. The molecule has 35 heavy (non-hydrogen) atoms. The van der Waals surface area contributed by atoms with Crippen LogP contribution in [-0.4, -0.2) is 108 Å². The van der Waals surface area contributed by atoms with Crippen molar-refractivity contribution in [3.8, 4) is 0 Å². The Bertz CT molecular complexity index is 951. The highest BCUT2D eigenvalue weighted by atomic mass is 32.2. The summed E-state index contributed by atoms with van der Waals surface area (Å²) < 4.78 is 38.3. The fourth-order valence-corrected chi connectivity index (χ4v) is 5.98. The number of carboxylic acids is 3. The summed E-state index contributed by atoms with van der Waals surface area (Å²) in [6.07, 6.45) is -0.605. The van der Waals surface area contributed by atoms with Crippen LogP contribution in [0.25, 0.3) is 0 Å². The van der Waals surface area contributed by atoms with Gasteiger partial charge in [-0.05, 0) is 12.7 Å². The summed E-state index contributed by atoms with van der Waals surface area (Å²) in [6.45, 7) is 0.670. The van der Waals surface area contributed by atoms with Crippen molar-refractivity contribution in [3.05, 3.63) is 0 Å². The van der Waals surface area contributed by atoms with Gasteiger partial charge in [0.25, 0.3) is 10.2 Å². The van der Waals surface area contributed by atoms with Gasteiger partial charge in [0.1, 0.15) is 5.54 Å². The lowest BCUT2D eigenvalue weighted by molar-refractivity contribution is -0.176. The lowest BCUT2D eigenvalue weighted by Gasteiger charge is -2.33. The molecule has 7 N–H and O–H groups in total. The first-order valence-corrected chi connectivity index (χ1v) is 12.4. The molecule has 0 spiro atoms. The molecular weight excluding hydrogens is 491 g/mol. The molecule has 1 unspecified atom stereocenters. The minimum atomic E-state index is -3.99. The topological polar surface area (TPSA) is 240 Å². The number of nitrogens with two attached hydrogens (primary N) is 2. The molecule has 0 aliphatic carbocycles. The third-order valence-corrected chi connectivity index (χ3v) is 8.40. The molecule has 15 nitrogen and oxygen atoms in total. The van der Waals surface area contributed by atoms with Crippen molar-refractivity contribution in [3.63, 3.8) is 0 Å². The van der Waals surface area contributed by atoms with E-state index in [1.165, 1.54) is 0 Å². The van der Waals surface area contributed by atoms with E-state index in [1.54, 1.807) is 6.92 Å². The molecule has 2 saturated heterocycles. The number of hydrogen-bond acceptors (Lipinski definition) is 10. The smallest absolute Gasteiger partial charge is 0.509 e. The standard InChI is InChI=1S/C18H31BN4O11S/c1-2-22(7-6-20)35(31,32)23-9-12(18(21,10-23)15(28)29)4-3-5-19-33-11-17(14(26)27,8-13(24)25)16(30)34-19/h12H,2-11,20-21H2,1H3,(H,24,25)(H,26,27)(H,28,29)/t12-,17?,18-/m0/s1. The van der Waals surface area contributed by atoms with Crippen LogP contribution < -0.4 is 11.5 Å². The number of carboxylic acid groups (broad SMARTS) is 3. The minimum absolute atomic E-state index is 0.0434. The Morgan fingerprint density at radius 3 is 2.40 bits per heavy atom. The molecule has 2 fully saturated rings. The zero-order valence-corrected chi connectivity index (χ0v) is 20.1. The van der Waals surface area contributed by atoms with Crippen LogP contribution in [0.1, 0.15) is 26.2 Å². The summed E-state index contributed by atoms with van der Waals surface area (Å²) >= 11 is 0. The highest BCUT2D eigenvalue weighted by molar-refractivity contribution is 7.86. The Morgan fingerprint density at radius 2 is 1.91 bits per heavy atom. The van der Waals surface area contributed by atoms with Gasteiger partial charge < -0.3 is 36.1 Å². The monoisotopic (exact) mass is 522 g/mol. The quantitative estimate of drug-likeness (QED) is 0.125. The number of rotatable bonds is 13. The molecule has 0 radical (unpaired) electrons. The van der Waals surface area contributed by atoms with Crippen LogP contribution in [0.5, 0.6) is 0 Å². The van der Waals surface area contributed by atoms with E-state index in [-0.39, 0.29) is 45.3 Å². The molecule has 2 aliphatic rings. The van der Waals surface area contributed by atoms with Crippen LogP contribution in [0.15, 0.2) is 0 Å². The van der Waals surface area contributed by atoms with Crippen molar-refractivity contribution in [1.82, 2.24) is 8.61 Å². The van der Waals surface area contributed by atoms with Crippen molar-refractivity contribution in [2.75, 3.05) is 39.3 Å². The van der Waals surface area contributed by atoms with Crippen LogP contribution in [-0.2, 0) is 38.7 Å². The van der Waals surface area contributed by atoms with Gasteiger partial charge in [0.15, 0.2) is 5.41 Å². The van der Waals surface area contributed by atoms with Crippen molar-refractivity contribution in [2.45, 2.75) is 38.0 Å². The second-order valence-electron chi connectivity index (χ2n) is 8.66. The Balaban J connectivity index is 2.04. The van der Waals surface area contributed by atoms with E-state index in [0.29, 0.717) is 0 Å². The Kier molecular flexibility index (Phi) is 9.24. The predicted octanol–water partition coefficient (Wildman–Crippen LogP) is -2.39. The van der Waals surface area contributed by atoms with Crippen molar-refractivity contribution in [2.24, 2.45) is 22.8 Å². The molecule has 2 heterocycles. The van der Waals surface area contributed by atoms with E-state index in [4.69, 9.17) is 25.9 Å². The summed E-state index contributed by atoms with van der Waals surface area (Å²) in [4.78, 5) is 46.7. The van der Waals surface area contributed by atoms with Crippen LogP contribution in [0.4, 0.5) is 0 Å². The minimum Gasteiger partial charge on any atom is -0.509 e. The zero-order chi connectivity index (χ0) is 26.6. The average molecular weight is 522 g/mol.